The molecule has 1 rings (SSSR count). The summed E-state index contributed by atoms with van der Waals surface area (Å²) in [5, 5.41) is 0. The zero-order valence-corrected chi connectivity index (χ0v) is 5.20. The van der Waals surface area contributed by atoms with Crippen molar-refractivity contribution in [2.45, 2.75) is 12.8 Å². The molecular weight excluding hydrogens is 103 g/mol. The molecule has 0 amide bonds. The summed E-state index contributed by atoms with van der Waals surface area (Å²) in [6, 6.07) is 0. The lowest BCUT2D eigenvalue weighted by molar-refractivity contribution is 0.975. The molecular formula is C6H9P. The molecule has 0 saturated carbocycles. The molecule has 1 aliphatic rings. The number of hydrogen-bond acceptors (Lipinski definition) is 0. The van der Waals surface area contributed by atoms with Crippen LogP contribution in [-0.2, 0) is 0 Å². The second kappa shape index (κ2) is 2.98. The molecule has 0 saturated heterocycles. The molecule has 0 bridgehead atoms. The highest BCUT2D eigenvalue weighted by molar-refractivity contribution is 7.38. The van der Waals surface area contributed by atoms with E-state index in [1.807, 2.05) is 0 Å². The van der Waals surface area contributed by atoms with Crippen molar-refractivity contribution in [1.82, 2.24) is 0 Å². The molecule has 1 aliphatic heterocycles. The van der Waals surface area contributed by atoms with E-state index >= 15 is 0 Å². The summed E-state index contributed by atoms with van der Waals surface area (Å²) in [6.45, 7) is 0. The van der Waals surface area contributed by atoms with Crippen molar-refractivity contribution >= 4 is 14.0 Å². The van der Waals surface area contributed by atoms with Gasteiger partial charge in [0.15, 0.2) is 0 Å². The number of hydrogen-bond donors (Lipinski definition) is 0. The van der Waals surface area contributed by atoms with Gasteiger partial charge >= 0.3 is 0 Å². The summed E-state index contributed by atoms with van der Waals surface area (Å²) in [5.41, 5.74) is 0. The van der Waals surface area contributed by atoms with Crippen molar-refractivity contribution in [2.24, 2.45) is 0 Å². The molecule has 1 heteroatoms. The fraction of sp³-hybridized carbons (Fsp3) is 0.500. The van der Waals surface area contributed by atoms with Gasteiger partial charge in [0, 0.05) is 0 Å². The Balaban J connectivity index is 2.39. The van der Waals surface area contributed by atoms with Gasteiger partial charge in [-0.25, -0.2) is 0 Å². The first kappa shape index (κ1) is 5.05. The van der Waals surface area contributed by atoms with Gasteiger partial charge in [-0.05, 0) is 24.8 Å². The third-order valence-electron chi connectivity index (χ3n) is 0.986. The van der Waals surface area contributed by atoms with Crippen molar-refractivity contribution in [3.8, 4) is 0 Å². The van der Waals surface area contributed by atoms with Crippen LogP contribution in [-0.4, -0.2) is 12.0 Å². The van der Waals surface area contributed by atoms with Gasteiger partial charge in [-0.1, -0.05) is 12.2 Å². The van der Waals surface area contributed by atoms with Crippen LogP contribution < -0.4 is 0 Å². The molecule has 0 aromatic heterocycles. The molecule has 0 radical (unpaired) electrons. The molecule has 0 unspecified atom stereocenters. The molecule has 0 nitrogen and oxygen atoms in total. The molecule has 0 fully saturated rings. The van der Waals surface area contributed by atoms with Gasteiger partial charge in [-0.2, -0.15) is 0 Å². The van der Waals surface area contributed by atoms with Crippen LogP contribution >= 0.6 is 8.20 Å². The first-order chi connectivity index (χ1) is 3.50. The van der Waals surface area contributed by atoms with E-state index in [1.54, 1.807) is 0 Å². The van der Waals surface area contributed by atoms with E-state index in [-0.39, 0.29) is 0 Å². The molecule has 0 N–H and O–H groups in total. The Labute approximate surface area is 46.0 Å². The van der Waals surface area contributed by atoms with Gasteiger partial charge in [0.05, 0.1) is 0 Å². The summed E-state index contributed by atoms with van der Waals surface area (Å²) < 4.78 is 0. The summed E-state index contributed by atoms with van der Waals surface area (Å²) in [5.74, 6) is 2.22. The zero-order valence-electron chi connectivity index (χ0n) is 4.30. The normalized spacial score (nSPS) is 21.7. The summed E-state index contributed by atoms with van der Waals surface area (Å²) in [7, 11) is 1.49. The lowest BCUT2D eigenvalue weighted by atomic mass is 10.3. The van der Waals surface area contributed by atoms with Gasteiger partial charge in [-0.3, -0.25) is 0 Å². The van der Waals surface area contributed by atoms with Crippen molar-refractivity contribution in [1.29, 1.82) is 0 Å². The van der Waals surface area contributed by atoms with Crippen molar-refractivity contribution in [2.75, 3.05) is 6.16 Å². The van der Waals surface area contributed by atoms with Gasteiger partial charge in [0.1, 0.15) is 0 Å². The van der Waals surface area contributed by atoms with Crippen LogP contribution in [0.25, 0.3) is 0 Å². The number of rotatable bonds is 0. The molecule has 0 spiro atoms. The predicted octanol–water partition coefficient (Wildman–Crippen LogP) is 2.08. The van der Waals surface area contributed by atoms with Crippen LogP contribution in [0.5, 0.6) is 0 Å². The van der Waals surface area contributed by atoms with E-state index < -0.39 is 0 Å². The maximum Gasteiger partial charge on any atom is -0.0103 e. The van der Waals surface area contributed by atoms with Crippen molar-refractivity contribution in [3.63, 3.8) is 0 Å². The summed E-state index contributed by atoms with van der Waals surface area (Å²) in [4.78, 5) is 0. The Morgan fingerprint density at radius 3 is 3.43 bits per heavy atom. The maximum absolute atomic E-state index is 2.24. The van der Waals surface area contributed by atoms with Gasteiger partial charge in [0.2, 0.25) is 0 Å². The maximum atomic E-state index is 2.24. The molecule has 38 valence electrons. The molecule has 0 atom stereocenters. The monoisotopic (exact) mass is 112 g/mol. The molecule has 0 aliphatic carbocycles. The van der Waals surface area contributed by atoms with E-state index in [2.05, 4.69) is 17.9 Å². The van der Waals surface area contributed by atoms with E-state index in [0.717, 1.165) is 0 Å². The molecule has 7 heavy (non-hydrogen) atoms. The van der Waals surface area contributed by atoms with Crippen LogP contribution in [0, 0.1) is 0 Å². The summed E-state index contributed by atoms with van der Waals surface area (Å²) >= 11 is 0. The van der Waals surface area contributed by atoms with Crippen LogP contribution in [0.15, 0.2) is 12.2 Å². The van der Waals surface area contributed by atoms with Crippen LogP contribution in [0.1, 0.15) is 12.8 Å². The quantitative estimate of drug-likeness (QED) is 0.421. The van der Waals surface area contributed by atoms with Gasteiger partial charge in [0.25, 0.3) is 0 Å². The summed E-state index contributed by atoms with van der Waals surface area (Å²) in [6.07, 6.45) is 8.40. The molecule has 0 aromatic rings. The first-order valence-corrected chi connectivity index (χ1v) is 3.80. The third kappa shape index (κ3) is 1.89. The minimum Gasteiger partial charge on any atom is -0.105 e. The van der Waals surface area contributed by atoms with Crippen molar-refractivity contribution < 1.29 is 0 Å². The smallest absolute Gasteiger partial charge is 0.0103 e. The minimum absolute atomic E-state index is 1.28. The highest BCUT2D eigenvalue weighted by atomic mass is 31.1. The Hall–Kier alpha value is -0.0900. The fourth-order valence-corrected chi connectivity index (χ4v) is 1.35. The Bertz CT molecular complexity index is 80.4. The molecule has 1 heterocycles. The Kier molecular flexibility index (Phi) is 2.15. The average Bonchev–Trinajstić information content (AvgIpc) is 1.90. The second-order valence-corrected chi connectivity index (χ2v) is 2.74. The van der Waals surface area contributed by atoms with E-state index in [0.29, 0.717) is 0 Å². The SMILES string of the molecule is C1=CCCCP=C1. The highest BCUT2D eigenvalue weighted by Gasteiger charge is 1.82. The highest BCUT2D eigenvalue weighted by Crippen LogP contribution is 2.04. The fourth-order valence-electron chi connectivity index (χ4n) is 0.593. The van der Waals surface area contributed by atoms with Gasteiger partial charge in [-0.15, -0.1) is 8.20 Å². The Morgan fingerprint density at radius 1 is 1.43 bits per heavy atom. The Morgan fingerprint density at radius 2 is 2.43 bits per heavy atom. The van der Waals surface area contributed by atoms with Crippen LogP contribution in [0.4, 0.5) is 0 Å². The standard InChI is InChI=1S/C6H9P/c1-2-4-6-7-5-3-1/h1,3,5H,2,4,6H2. The van der Waals surface area contributed by atoms with E-state index in [4.69, 9.17) is 0 Å². The minimum atomic E-state index is 1.28. The lowest BCUT2D eigenvalue weighted by Gasteiger charge is -1.81. The predicted molar refractivity (Wildman–Crippen MR) is 36.2 cm³/mol. The third-order valence-corrected chi connectivity index (χ3v) is 1.94. The number of allylic oxidation sites excluding steroid dienone is 2. The second-order valence-electron chi connectivity index (χ2n) is 1.63. The lowest BCUT2D eigenvalue weighted by Crippen LogP contribution is -1.66. The van der Waals surface area contributed by atoms with E-state index in [1.165, 1.54) is 27.2 Å². The van der Waals surface area contributed by atoms with Crippen molar-refractivity contribution in [3.05, 3.63) is 12.2 Å². The van der Waals surface area contributed by atoms with Gasteiger partial charge < -0.3 is 0 Å². The topological polar surface area (TPSA) is 0 Å². The van der Waals surface area contributed by atoms with Crippen LogP contribution in [0.3, 0.4) is 0 Å². The van der Waals surface area contributed by atoms with E-state index in [9.17, 15) is 0 Å². The molecule has 0 aromatic carbocycles. The van der Waals surface area contributed by atoms with Crippen LogP contribution in [0.2, 0.25) is 0 Å². The zero-order chi connectivity index (χ0) is 4.95. The average molecular weight is 112 g/mol. The first-order valence-electron chi connectivity index (χ1n) is 2.65. The largest absolute Gasteiger partial charge is 0.105 e.